The van der Waals surface area contributed by atoms with Crippen LogP contribution >= 0.6 is 0 Å². The molecule has 1 unspecified atom stereocenters. The molecule has 1 N–H and O–H groups in total. The third kappa shape index (κ3) is 4.09. The van der Waals surface area contributed by atoms with E-state index in [2.05, 4.69) is 23.5 Å². The largest absolute Gasteiger partial charge is 0.484 e. The lowest BCUT2D eigenvalue weighted by Gasteiger charge is -2.12. The molecule has 0 aliphatic carbocycles. The van der Waals surface area contributed by atoms with Crippen LogP contribution in [0.5, 0.6) is 5.75 Å². The molecule has 1 atom stereocenters. The van der Waals surface area contributed by atoms with Gasteiger partial charge in [0.1, 0.15) is 5.75 Å². The van der Waals surface area contributed by atoms with Crippen LogP contribution in [0.4, 0.5) is 0 Å². The Balaban J connectivity index is 2.11. The maximum Gasteiger partial charge on any atom is 0.257 e. The smallest absolute Gasteiger partial charge is 0.257 e. The summed E-state index contributed by atoms with van der Waals surface area (Å²) < 4.78 is 10.8. The van der Waals surface area contributed by atoms with E-state index in [0.29, 0.717) is 5.75 Å². The van der Waals surface area contributed by atoms with Crippen LogP contribution in [0.25, 0.3) is 11.1 Å². The van der Waals surface area contributed by atoms with Gasteiger partial charge in [0, 0.05) is 14.2 Å². The molecule has 4 nitrogen and oxygen atoms in total. The van der Waals surface area contributed by atoms with Gasteiger partial charge in [-0.3, -0.25) is 4.79 Å². The molecule has 0 aromatic heterocycles. The van der Waals surface area contributed by atoms with Crippen molar-refractivity contribution in [3.05, 3.63) is 54.1 Å². The number of rotatable bonds is 6. The first kappa shape index (κ1) is 16.0. The lowest BCUT2D eigenvalue weighted by molar-refractivity contribution is -0.122. The molecule has 22 heavy (non-hydrogen) atoms. The molecule has 2 aromatic carbocycles. The molecule has 0 aliphatic rings. The monoisotopic (exact) mass is 299 g/mol. The standard InChI is InChI=1S/C18H21NO3/c1-13(21-3)15-5-4-6-16(11-15)14-7-9-17(10-8-14)22-12-18(20)19-2/h4-11,13H,12H2,1-3H3,(H,19,20). The molecule has 4 heteroatoms. The molecule has 2 aromatic rings. The summed E-state index contributed by atoms with van der Waals surface area (Å²) in [7, 11) is 3.29. The molecular formula is C18H21NO3. The second-order valence-corrected chi connectivity index (χ2v) is 4.99. The second-order valence-electron chi connectivity index (χ2n) is 4.99. The van der Waals surface area contributed by atoms with Crippen LogP contribution in [0.15, 0.2) is 48.5 Å². The first-order valence-electron chi connectivity index (χ1n) is 7.20. The summed E-state index contributed by atoms with van der Waals surface area (Å²) in [6.45, 7) is 2.05. The third-order valence-corrected chi connectivity index (χ3v) is 3.55. The molecule has 0 spiro atoms. The maximum atomic E-state index is 11.2. The SMILES string of the molecule is CNC(=O)COc1ccc(-c2cccc(C(C)OC)c2)cc1. The highest BCUT2D eigenvalue weighted by Gasteiger charge is 2.06. The first-order chi connectivity index (χ1) is 10.6. The lowest BCUT2D eigenvalue weighted by atomic mass is 10.0. The van der Waals surface area contributed by atoms with Crippen molar-refractivity contribution < 1.29 is 14.3 Å². The van der Waals surface area contributed by atoms with Gasteiger partial charge in [-0.15, -0.1) is 0 Å². The quantitative estimate of drug-likeness (QED) is 0.891. The summed E-state index contributed by atoms with van der Waals surface area (Å²) in [5.41, 5.74) is 3.36. The second kappa shape index (κ2) is 7.61. The first-order valence-corrected chi connectivity index (χ1v) is 7.20. The van der Waals surface area contributed by atoms with Crippen LogP contribution in [-0.4, -0.2) is 26.7 Å². The maximum absolute atomic E-state index is 11.2. The van der Waals surface area contributed by atoms with Gasteiger partial charge in [0.2, 0.25) is 0 Å². The van der Waals surface area contributed by atoms with Gasteiger partial charge in [0.25, 0.3) is 5.91 Å². The number of carbonyl (C=O) groups excluding carboxylic acids is 1. The predicted molar refractivity (Wildman–Crippen MR) is 86.9 cm³/mol. The van der Waals surface area contributed by atoms with Crippen molar-refractivity contribution in [1.29, 1.82) is 0 Å². The number of carbonyl (C=O) groups is 1. The van der Waals surface area contributed by atoms with E-state index in [1.165, 1.54) is 0 Å². The van der Waals surface area contributed by atoms with Crippen LogP contribution < -0.4 is 10.1 Å². The number of amides is 1. The fourth-order valence-corrected chi connectivity index (χ4v) is 2.07. The molecule has 0 fully saturated rings. The zero-order chi connectivity index (χ0) is 15.9. The van der Waals surface area contributed by atoms with Gasteiger partial charge in [-0.2, -0.15) is 0 Å². The zero-order valence-electron chi connectivity index (χ0n) is 13.1. The van der Waals surface area contributed by atoms with Crippen molar-refractivity contribution in [3.63, 3.8) is 0 Å². The molecule has 0 bridgehead atoms. The minimum atomic E-state index is -0.148. The number of likely N-dealkylation sites (N-methyl/N-ethyl adjacent to an activating group) is 1. The Kier molecular flexibility index (Phi) is 5.55. The van der Waals surface area contributed by atoms with Crippen LogP contribution in [0, 0.1) is 0 Å². The molecule has 0 saturated carbocycles. The normalized spacial score (nSPS) is 11.8. The summed E-state index contributed by atoms with van der Waals surface area (Å²) in [4.78, 5) is 11.2. The molecular weight excluding hydrogens is 278 g/mol. The van der Waals surface area contributed by atoms with Gasteiger partial charge in [-0.1, -0.05) is 30.3 Å². The summed E-state index contributed by atoms with van der Waals surface area (Å²) in [6, 6.07) is 16.0. The van der Waals surface area contributed by atoms with Crippen LogP contribution in [0.2, 0.25) is 0 Å². The van der Waals surface area contributed by atoms with Crippen molar-refractivity contribution in [3.8, 4) is 16.9 Å². The topological polar surface area (TPSA) is 47.6 Å². The Bertz CT molecular complexity index is 622. The van der Waals surface area contributed by atoms with Crippen LogP contribution in [-0.2, 0) is 9.53 Å². The minimum absolute atomic E-state index is 0.0245. The zero-order valence-corrected chi connectivity index (χ0v) is 13.1. The number of nitrogens with one attached hydrogen (secondary N) is 1. The van der Waals surface area contributed by atoms with Gasteiger partial charge < -0.3 is 14.8 Å². The third-order valence-electron chi connectivity index (χ3n) is 3.55. The molecule has 0 radical (unpaired) electrons. The van der Waals surface area contributed by atoms with E-state index in [9.17, 15) is 4.79 Å². The Morgan fingerprint density at radius 3 is 2.50 bits per heavy atom. The van der Waals surface area contributed by atoms with E-state index in [1.54, 1.807) is 14.2 Å². The predicted octanol–water partition coefficient (Wildman–Crippen LogP) is 3.19. The van der Waals surface area contributed by atoms with Gasteiger partial charge in [-0.25, -0.2) is 0 Å². The molecule has 0 aliphatic heterocycles. The highest BCUT2D eigenvalue weighted by molar-refractivity contribution is 5.77. The van der Waals surface area contributed by atoms with Gasteiger partial charge >= 0.3 is 0 Å². The summed E-state index contributed by atoms with van der Waals surface area (Å²) >= 11 is 0. The average molecular weight is 299 g/mol. The molecule has 2 rings (SSSR count). The molecule has 116 valence electrons. The fraction of sp³-hybridized carbons (Fsp3) is 0.278. The average Bonchev–Trinajstić information content (AvgIpc) is 2.59. The number of hydrogen-bond acceptors (Lipinski definition) is 3. The summed E-state index contributed by atoms with van der Waals surface area (Å²) in [5.74, 6) is 0.527. The van der Waals surface area contributed by atoms with Gasteiger partial charge in [-0.05, 0) is 41.8 Å². The lowest BCUT2D eigenvalue weighted by Crippen LogP contribution is -2.24. The number of benzene rings is 2. The minimum Gasteiger partial charge on any atom is -0.484 e. The van der Waals surface area contributed by atoms with E-state index in [0.717, 1.165) is 16.7 Å². The van der Waals surface area contributed by atoms with E-state index >= 15 is 0 Å². The van der Waals surface area contributed by atoms with Crippen molar-refractivity contribution in [1.82, 2.24) is 5.32 Å². The number of hydrogen-bond donors (Lipinski definition) is 1. The van der Waals surface area contributed by atoms with Crippen LogP contribution in [0.3, 0.4) is 0 Å². The van der Waals surface area contributed by atoms with Crippen molar-refractivity contribution in [2.24, 2.45) is 0 Å². The summed E-state index contributed by atoms with van der Waals surface area (Å²) in [6.07, 6.45) is 0.0649. The summed E-state index contributed by atoms with van der Waals surface area (Å²) in [5, 5.41) is 2.52. The Morgan fingerprint density at radius 2 is 1.86 bits per heavy atom. The highest BCUT2D eigenvalue weighted by atomic mass is 16.5. The fourth-order valence-electron chi connectivity index (χ4n) is 2.07. The number of ether oxygens (including phenoxy) is 2. The van der Waals surface area contributed by atoms with Crippen LogP contribution in [0.1, 0.15) is 18.6 Å². The molecule has 1 amide bonds. The van der Waals surface area contributed by atoms with Crippen molar-refractivity contribution in [2.75, 3.05) is 20.8 Å². The number of methoxy groups -OCH3 is 1. The molecule has 0 saturated heterocycles. The Morgan fingerprint density at radius 1 is 1.14 bits per heavy atom. The van der Waals surface area contributed by atoms with Gasteiger partial charge in [0.05, 0.1) is 6.10 Å². The van der Waals surface area contributed by atoms with Crippen molar-refractivity contribution in [2.45, 2.75) is 13.0 Å². The van der Waals surface area contributed by atoms with E-state index in [-0.39, 0.29) is 18.6 Å². The Hall–Kier alpha value is -2.33. The van der Waals surface area contributed by atoms with Gasteiger partial charge in [0.15, 0.2) is 6.61 Å². The van der Waals surface area contributed by atoms with E-state index in [1.807, 2.05) is 37.3 Å². The highest BCUT2D eigenvalue weighted by Crippen LogP contribution is 2.26. The molecule has 0 heterocycles. The van der Waals surface area contributed by atoms with E-state index < -0.39 is 0 Å². The van der Waals surface area contributed by atoms with Crippen molar-refractivity contribution >= 4 is 5.91 Å². The van der Waals surface area contributed by atoms with E-state index in [4.69, 9.17) is 9.47 Å². The Labute approximate surface area is 131 Å².